The van der Waals surface area contributed by atoms with Crippen LogP contribution in [0.2, 0.25) is 0 Å². The molecule has 4 rings (SSSR count). The first-order chi connectivity index (χ1) is 16.7. The average molecular weight is 448 g/mol. The fourth-order valence-electron chi connectivity index (χ4n) is 5.38. The van der Waals surface area contributed by atoms with Gasteiger partial charge in [-0.3, -0.25) is 0 Å². The van der Waals surface area contributed by atoms with E-state index in [-0.39, 0.29) is 5.82 Å². The zero-order valence-corrected chi connectivity index (χ0v) is 19.6. The van der Waals surface area contributed by atoms with Crippen molar-refractivity contribution in [2.75, 3.05) is 0 Å². The maximum absolute atomic E-state index is 14.1. The van der Waals surface area contributed by atoms with Gasteiger partial charge in [0.2, 0.25) is 0 Å². The maximum Gasteiger partial charge on any atom is 0.123 e. The van der Waals surface area contributed by atoms with E-state index in [0.29, 0.717) is 6.42 Å². The van der Waals surface area contributed by atoms with Crippen molar-refractivity contribution >= 4 is 0 Å². The Hall–Kier alpha value is -3.70. The van der Waals surface area contributed by atoms with Crippen LogP contribution < -0.4 is 0 Å². The van der Waals surface area contributed by atoms with Gasteiger partial charge in [-0.15, -0.1) is 0 Å². The predicted molar refractivity (Wildman–Crippen MR) is 137 cm³/mol. The van der Waals surface area contributed by atoms with E-state index in [1.165, 1.54) is 12.1 Å². The van der Waals surface area contributed by atoms with Crippen LogP contribution in [-0.4, -0.2) is 0 Å². The van der Waals surface area contributed by atoms with Gasteiger partial charge in [-0.05, 0) is 47.2 Å². The van der Waals surface area contributed by atoms with E-state index >= 15 is 0 Å². The first-order valence-electron chi connectivity index (χ1n) is 12.0. The van der Waals surface area contributed by atoms with Gasteiger partial charge in [-0.25, -0.2) is 4.39 Å². The highest BCUT2D eigenvalue weighted by atomic mass is 19.1. The number of hydrogen-bond donors (Lipinski definition) is 0. The zero-order chi connectivity index (χ0) is 23.9. The molecule has 170 valence electrons. The third-order valence-corrected chi connectivity index (χ3v) is 7.01. The zero-order valence-electron chi connectivity index (χ0n) is 19.6. The van der Waals surface area contributed by atoms with E-state index in [1.807, 2.05) is 54.6 Å². The normalized spacial score (nSPS) is 13.1. The van der Waals surface area contributed by atoms with Crippen molar-refractivity contribution in [2.45, 2.75) is 43.4 Å². The number of unbranched alkanes of at least 4 members (excludes halogenated alkanes) is 1. The van der Waals surface area contributed by atoms with Gasteiger partial charge in [0, 0.05) is 5.41 Å². The van der Waals surface area contributed by atoms with Gasteiger partial charge >= 0.3 is 0 Å². The van der Waals surface area contributed by atoms with Gasteiger partial charge in [-0.2, -0.15) is 5.26 Å². The van der Waals surface area contributed by atoms with Gasteiger partial charge in [0.25, 0.3) is 0 Å². The average Bonchev–Trinajstić information content (AvgIpc) is 2.90. The molecule has 0 fully saturated rings. The lowest BCUT2D eigenvalue weighted by molar-refractivity contribution is 0.293. The van der Waals surface area contributed by atoms with Crippen molar-refractivity contribution in [1.82, 2.24) is 0 Å². The van der Waals surface area contributed by atoms with Gasteiger partial charge in [0.05, 0.1) is 11.5 Å². The van der Waals surface area contributed by atoms with Crippen LogP contribution in [0.25, 0.3) is 0 Å². The number of halogens is 1. The molecular weight excluding hydrogens is 417 g/mol. The Morgan fingerprint density at radius 2 is 1.18 bits per heavy atom. The van der Waals surface area contributed by atoms with E-state index in [2.05, 4.69) is 49.4 Å². The first kappa shape index (κ1) is 23.5. The van der Waals surface area contributed by atoms with Crippen LogP contribution >= 0.6 is 0 Å². The Bertz CT molecular complexity index is 1170. The molecule has 1 nitrogen and oxygen atoms in total. The number of hydrogen-bond acceptors (Lipinski definition) is 1. The molecule has 0 spiro atoms. The molecule has 2 heteroatoms. The van der Waals surface area contributed by atoms with Crippen LogP contribution in [0.4, 0.5) is 4.39 Å². The largest absolute Gasteiger partial charge is 0.207 e. The fourth-order valence-corrected chi connectivity index (χ4v) is 5.38. The SMILES string of the molecule is CCCCC(c1ccccc1)(c1ccccc1)C(C#N)(Cc1ccccc1)c1ccc(F)cc1. The molecular formula is C32H30FN. The lowest BCUT2D eigenvalue weighted by Crippen LogP contribution is -2.51. The van der Waals surface area contributed by atoms with Crippen molar-refractivity contribution in [3.63, 3.8) is 0 Å². The van der Waals surface area contributed by atoms with Gasteiger partial charge in [0.1, 0.15) is 5.82 Å². The van der Waals surface area contributed by atoms with Crippen molar-refractivity contribution < 1.29 is 4.39 Å². The minimum Gasteiger partial charge on any atom is -0.207 e. The van der Waals surface area contributed by atoms with Crippen molar-refractivity contribution in [3.8, 4) is 6.07 Å². The highest BCUT2D eigenvalue weighted by Crippen LogP contribution is 2.53. The van der Waals surface area contributed by atoms with Gasteiger partial charge in [-0.1, -0.05) is 123 Å². The summed E-state index contributed by atoms with van der Waals surface area (Å²) in [4.78, 5) is 0. The molecule has 0 radical (unpaired) electrons. The number of benzene rings is 4. The molecule has 0 bridgehead atoms. The van der Waals surface area contributed by atoms with Crippen molar-refractivity contribution in [3.05, 3.63) is 143 Å². The molecule has 1 atom stereocenters. The molecule has 0 amide bonds. The molecule has 0 N–H and O–H groups in total. The Labute approximate surface area is 202 Å². The summed E-state index contributed by atoms with van der Waals surface area (Å²) in [6, 6.07) is 40.4. The summed E-state index contributed by atoms with van der Waals surface area (Å²) in [6.07, 6.45) is 3.29. The van der Waals surface area contributed by atoms with Crippen LogP contribution in [0, 0.1) is 17.1 Å². The second-order valence-electron chi connectivity index (χ2n) is 8.93. The van der Waals surface area contributed by atoms with Gasteiger partial charge < -0.3 is 0 Å². The molecule has 0 aliphatic heterocycles. The van der Waals surface area contributed by atoms with Crippen LogP contribution in [-0.2, 0) is 17.3 Å². The van der Waals surface area contributed by atoms with Crippen LogP contribution in [0.15, 0.2) is 115 Å². The number of nitriles is 1. The molecule has 0 heterocycles. The van der Waals surface area contributed by atoms with Crippen LogP contribution in [0.3, 0.4) is 0 Å². The second kappa shape index (κ2) is 10.5. The molecule has 0 saturated carbocycles. The Morgan fingerprint density at radius 3 is 1.65 bits per heavy atom. The highest BCUT2D eigenvalue weighted by molar-refractivity contribution is 5.54. The minimum absolute atomic E-state index is 0.297. The fraction of sp³-hybridized carbons (Fsp3) is 0.219. The van der Waals surface area contributed by atoms with Crippen LogP contribution in [0.5, 0.6) is 0 Å². The molecule has 4 aromatic carbocycles. The third-order valence-electron chi connectivity index (χ3n) is 7.01. The van der Waals surface area contributed by atoms with E-state index < -0.39 is 10.8 Å². The lowest BCUT2D eigenvalue weighted by atomic mass is 9.51. The topological polar surface area (TPSA) is 23.8 Å². The molecule has 34 heavy (non-hydrogen) atoms. The third kappa shape index (κ3) is 4.27. The highest BCUT2D eigenvalue weighted by Gasteiger charge is 2.54. The molecule has 0 aliphatic carbocycles. The van der Waals surface area contributed by atoms with Gasteiger partial charge in [0.15, 0.2) is 0 Å². The summed E-state index contributed by atoms with van der Waals surface area (Å²) in [5, 5.41) is 11.2. The maximum atomic E-state index is 14.1. The summed E-state index contributed by atoms with van der Waals surface area (Å²) in [5.41, 5.74) is 2.55. The Balaban J connectivity index is 2.11. The summed E-state index contributed by atoms with van der Waals surface area (Å²) >= 11 is 0. The van der Waals surface area contributed by atoms with E-state index in [1.54, 1.807) is 12.1 Å². The lowest BCUT2D eigenvalue weighted by Gasteiger charge is -2.49. The number of rotatable bonds is 9. The van der Waals surface area contributed by atoms with E-state index in [4.69, 9.17) is 0 Å². The quantitative estimate of drug-likeness (QED) is 0.255. The van der Waals surface area contributed by atoms with Crippen LogP contribution in [0.1, 0.15) is 48.4 Å². The smallest absolute Gasteiger partial charge is 0.123 e. The monoisotopic (exact) mass is 447 g/mol. The molecule has 4 aromatic rings. The summed E-state index contributed by atoms with van der Waals surface area (Å²) < 4.78 is 14.1. The molecule has 0 aromatic heterocycles. The summed E-state index contributed by atoms with van der Waals surface area (Å²) in [6.45, 7) is 2.18. The van der Waals surface area contributed by atoms with Crippen molar-refractivity contribution in [2.24, 2.45) is 0 Å². The molecule has 0 saturated heterocycles. The summed E-state index contributed by atoms with van der Waals surface area (Å²) in [7, 11) is 0. The summed E-state index contributed by atoms with van der Waals surface area (Å²) in [5.74, 6) is -0.297. The predicted octanol–water partition coefficient (Wildman–Crippen LogP) is 8.01. The van der Waals surface area contributed by atoms with E-state index in [9.17, 15) is 9.65 Å². The Morgan fingerprint density at radius 1 is 0.676 bits per heavy atom. The number of nitrogens with zero attached hydrogens (tertiary/aromatic N) is 1. The molecule has 0 aliphatic rings. The molecule has 1 unspecified atom stereocenters. The van der Waals surface area contributed by atoms with Crippen molar-refractivity contribution in [1.29, 1.82) is 5.26 Å². The minimum atomic E-state index is -0.958. The second-order valence-corrected chi connectivity index (χ2v) is 8.93. The Kier molecular flexibility index (Phi) is 7.24. The standard InChI is InChI=1S/C32H30FN/c1-2-3-23-32(28-15-9-5-10-16-28,29-17-11-6-12-18-29)31(25-34,24-26-13-7-4-8-14-26)27-19-21-30(33)22-20-27/h4-22H,2-3,23-24H2,1H3. The van der Waals surface area contributed by atoms with E-state index in [0.717, 1.165) is 41.5 Å². The first-order valence-corrected chi connectivity index (χ1v) is 12.0.